The van der Waals surface area contributed by atoms with Crippen molar-refractivity contribution in [3.63, 3.8) is 0 Å². The van der Waals surface area contributed by atoms with Crippen LogP contribution in [-0.2, 0) is 14.3 Å². The van der Waals surface area contributed by atoms with Crippen LogP contribution in [-0.4, -0.2) is 47.4 Å². The molecule has 1 amide bonds. The molecular weight excluding hydrogens is 743 g/mol. The molecule has 2 unspecified atom stereocenters. The highest BCUT2D eigenvalue weighted by Gasteiger charge is 2.19. The fourth-order valence-corrected chi connectivity index (χ4v) is 7.86. The topological polar surface area (TPSA) is 95.9 Å². The third-order valence-corrected chi connectivity index (χ3v) is 11.9. The van der Waals surface area contributed by atoms with E-state index < -0.39 is 12.1 Å². The van der Waals surface area contributed by atoms with Crippen LogP contribution < -0.4 is 5.32 Å². The molecule has 0 aromatic heterocycles. The average Bonchev–Trinajstić information content (AvgIpc) is 3.25. The Morgan fingerprint density at radius 3 is 1.32 bits per heavy atom. The molecule has 60 heavy (non-hydrogen) atoms. The lowest BCUT2D eigenvalue weighted by atomic mass is 10.0. The van der Waals surface area contributed by atoms with Crippen molar-refractivity contribution in [3.05, 3.63) is 36.5 Å². The van der Waals surface area contributed by atoms with Crippen LogP contribution in [0.3, 0.4) is 0 Å². The number of carbonyl (C=O) groups excluding carboxylic acids is 2. The molecule has 0 saturated carbocycles. The Bertz CT molecular complexity index is 977. The Hall–Kier alpha value is -1.92. The van der Waals surface area contributed by atoms with Crippen LogP contribution in [0.4, 0.5) is 0 Å². The van der Waals surface area contributed by atoms with Gasteiger partial charge in [-0.15, -0.1) is 0 Å². The van der Waals surface area contributed by atoms with E-state index in [9.17, 15) is 19.8 Å². The number of ether oxygens (including phenoxy) is 1. The van der Waals surface area contributed by atoms with E-state index in [2.05, 4.69) is 49.5 Å². The van der Waals surface area contributed by atoms with Crippen molar-refractivity contribution in [1.82, 2.24) is 5.32 Å². The summed E-state index contributed by atoms with van der Waals surface area (Å²) in [6.07, 6.45) is 59.9. The maximum absolute atomic E-state index is 12.4. The molecule has 0 rings (SSSR count). The molecule has 0 fully saturated rings. The van der Waals surface area contributed by atoms with Gasteiger partial charge in [0.1, 0.15) is 0 Å². The van der Waals surface area contributed by atoms with Crippen molar-refractivity contribution in [1.29, 1.82) is 0 Å². The lowest BCUT2D eigenvalue weighted by Crippen LogP contribution is -2.45. The van der Waals surface area contributed by atoms with Crippen molar-refractivity contribution < 1.29 is 24.5 Å². The fraction of sp³-hybridized carbons (Fsp3) is 0.852. The number of rotatable bonds is 48. The first-order chi connectivity index (χ1) is 29.5. The Morgan fingerprint density at radius 1 is 0.467 bits per heavy atom. The van der Waals surface area contributed by atoms with Crippen molar-refractivity contribution >= 4 is 11.9 Å². The van der Waals surface area contributed by atoms with Gasteiger partial charge >= 0.3 is 5.97 Å². The molecule has 6 heteroatoms. The van der Waals surface area contributed by atoms with Gasteiger partial charge in [-0.05, 0) is 70.6 Å². The predicted molar refractivity (Wildman–Crippen MR) is 259 cm³/mol. The first kappa shape index (κ1) is 58.1. The highest BCUT2D eigenvalue weighted by atomic mass is 16.5. The molecule has 3 N–H and O–H groups in total. The second kappa shape index (κ2) is 49.7. The van der Waals surface area contributed by atoms with E-state index in [0.717, 1.165) is 51.4 Å². The SMILES string of the molecule is CCCCCCCC/C=C\CCCCCCCCCCCC(=O)OCCCCCCCC/C=C\C/C=C\CCC(=O)NC(CO)C(O)CCCCCCCCCCCCC. The first-order valence-electron chi connectivity index (χ1n) is 26.2. The largest absolute Gasteiger partial charge is 0.466 e. The molecule has 2 atom stereocenters. The Kier molecular flexibility index (Phi) is 48.1. The molecule has 0 aliphatic rings. The smallest absolute Gasteiger partial charge is 0.305 e. The monoisotopic (exact) mass is 844 g/mol. The van der Waals surface area contributed by atoms with Crippen molar-refractivity contribution in [2.24, 2.45) is 0 Å². The lowest BCUT2D eigenvalue weighted by Gasteiger charge is -2.22. The average molecular weight is 844 g/mol. The van der Waals surface area contributed by atoms with E-state index in [-0.39, 0.29) is 18.5 Å². The molecule has 0 aliphatic heterocycles. The van der Waals surface area contributed by atoms with Gasteiger partial charge in [0.2, 0.25) is 5.91 Å². The highest BCUT2D eigenvalue weighted by Crippen LogP contribution is 2.15. The molecule has 352 valence electrons. The predicted octanol–water partition coefficient (Wildman–Crippen LogP) is 15.7. The van der Waals surface area contributed by atoms with E-state index >= 15 is 0 Å². The molecule has 0 heterocycles. The number of allylic oxidation sites excluding steroid dienone is 6. The second-order valence-corrected chi connectivity index (χ2v) is 17.8. The van der Waals surface area contributed by atoms with Crippen LogP contribution >= 0.6 is 0 Å². The summed E-state index contributed by atoms with van der Waals surface area (Å²) >= 11 is 0. The number of hydrogen-bond donors (Lipinski definition) is 3. The number of esters is 1. The normalized spacial score (nSPS) is 12.9. The molecule has 6 nitrogen and oxygen atoms in total. The van der Waals surface area contributed by atoms with E-state index in [1.165, 1.54) is 180 Å². The molecular formula is C54H101NO5. The van der Waals surface area contributed by atoms with Gasteiger partial charge in [0.15, 0.2) is 0 Å². The molecule has 0 aromatic carbocycles. The summed E-state index contributed by atoms with van der Waals surface area (Å²) in [5.41, 5.74) is 0. The third-order valence-electron chi connectivity index (χ3n) is 11.9. The molecule has 0 spiro atoms. The maximum Gasteiger partial charge on any atom is 0.305 e. The van der Waals surface area contributed by atoms with E-state index in [1.54, 1.807) is 0 Å². The lowest BCUT2D eigenvalue weighted by molar-refractivity contribution is -0.143. The summed E-state index contributed by atoms with van der Waals surface area (Å²) in [6, 6.07) is -0.584. The number of amides is 1. The van der Waals surface area contributed by atoms with Crippen molar-refractivity contribution in [2.75, 3.05) is 13.2 Å². The van der Waals surface area contributed by atoms with Gasteiger partial charge in [-0.1, -0.05) is 224 Å². The summed E-state index contributed by atoms with van der Waals surface area (Å²) < 4.78 is 5.46. The van der Waals surface area contributed by atoms with E-state index in [0.29, 0.717) is 32.3 Å². The van der Waals surface area contributed by atoms with Gasteiger partial charge in [0.05, 0.1) is 25.4 Å². The van der Waals surface area contributed by atoms with Gasteiger partial charge in [-0.3, -0.25) is 9.59 Å². The summed E-state index contributed by atoms with van der Waals surface area (Å²) in [6.45, 7) is 4.87. The summed E-state index contributed by atoms with van der Waals surface area (Å²) in [5.74, 6) is -0.135. The molecule has 0 radical (unpaired) electrons. The number of hydrogen-bond acceptors (Lipinski definition) is 5. The maximum atomic E-state index is 12.4. The van der Waals surface area contributed by atoms with Crippen LogP contribution in [0.5, 0.6) is 0 Å². The summed E-state index contributed by atoms with van der Waals surface area (Å²) in [5, 5.41) is 23.0. The summed E-state index contributed by atoms with van der Waals surface area (Å²) in [7, 11) is 0. The van der Waals surface area contributed by atoms with Crippen LogP contribution in [0, 0.1) is 0 Å². The Morgan fingerprint density at radius 2 is 0.850 bits per heavy atom. The molecule has 0 aliphatic carbocycles. The number of carbonyl (C=O) groups is 2. The number of aliphatic hydroxyl groups is 2. The number of aliphatic hydroxyl groups excluding tert-OH is 2. The van der Waals surface area contributed by atoms with Crippen molar-refractivity contribution in [3.8, 4) is 0 Å². The number of unbranched alkanes of at least 4 members (excludes halogenated alkanes) is 31. The third kappa shape index (κ3) is 45.6. The van der Waals surface area contributed by atoms with Crippen LogP contribution in [0.1, 0.15) is 271 Å². The zero-order valence-electron chi connectivity index (χ0n) is 39.9. The minimum Gasteiger partial charge on any atom is -0.466 e. The minimum atomic E-state index is -0.698. The first-order valence-corrected chi connectivity index (χ1v) is 26.2. The van der Waals surface area contributed by atoms with Crippen LogP contribution in [0.2, 0.25) is 0 Å². The summed E-state index contributed by atoms with van der Waals surface area (Å²) in [4.78, 5) is 24.4. The zero-order valence-corrected chi connectivity index (χ0v) is 39.9. The van der Waals surface area contributed by atoms with Crippen molar-refractivity contribution in [2.45, 2.75) is 283 Å². The Balaban J connectivity index is 3.51. The van der Waals surface area contributed by atoms with Gasteiger partial charge in [0.25, 0.3) is 0 Å². The minimum absolute atomic E-state index is 0.0181. The molecule has 0 saturated heterocycles. The van der Waals surface area contributed by atoms with Gasteiger partial charge in [-0.25, -0.2) is 0 Å². The van der Waals surface area contributed by atoms with Crippen LogP contribution in [0.25, 0.3) is 0 Å². The van der Waals surface area contributed by atoms with Gasteiger partial charge < -0.3 is 20.3 Å². The van der Waals surface area contributed by atoms with Gasteiger partial charge in [-0.2, -0.15) is 0 Å². The fourth-order valence-electron chi connectivity index (χ4n) is 7.86. The molecule has 0 bridgehead atoms. The second-order valence-electron chi connectivity index (χ2n) is 17.8. The van der Waals surface area contributed by atoms with E-state index in [1.807, 2.05) is 6.08 Å². The molecule has 0 aromatic rings. The highest BCUT2D eigenvalue weighted by molar-refractivity contribution is 5.76. The van der Waals surface area contributed by atoms with Crippen LogP contribution in [0.15, 0.2) is 36.5 Å². The standard InChI is InChI=1S/C54H101NO5/c1-3-5-7-9-11-13-15-16-17-18-19-20-21-24-28-32-36-40-44-48-54(59)60-49-45-41-37-33-29-25-22-23-27-31-35-39-43-47-53(58)55-51(50-56)52(57)46-42-38-34-30-26-14-12-10-8-6-4-2/h16-17,23,27,35,39,51-52,56-57H,3-15,18-22,24-26,28-34,36-38,40-50H2,1-2H3,(H,55,58)/b17-16-,27-23-,39-35-. The Labute approximate surface area is 373 Å². The number of nitrogens with one attached hydrogen (secondary N) is 1. The zero-order chi connectivity index (χ0) is 43.7. The van der Waals surface area contributed by atoms with Gasteiger partial charge in [0, 0.05) is 12.8 Å². The quantitative estimate of drug-likeness (QED) is 0.0322. The van der Waals surface area contributed by atoms with E-state index in [4.69, 9.17) is 4.74 Å².